The van der Waals surface area contributed by atoms with Gasteiger partial charge in [0.05, 0.1) is 12.1 Å². The molecule has 152 valence electrons. The van der Waals surface area contributed by atoms with Crippen molar-refractivity contribution < 1.29 is 18.0 Å². The largest absolute Gasteiger partial charge is 0.417 e. The predicted octanol–water partition coefficient (Wildman–Crippen LogP) is 3.57. The van der Waals surface area contributed by atoms with Crippen LogP contribution in [0.1, 0.15) is 23.9 Å². The molecule has 10 heteroatoms. The van der Waals surface area contributed by atoms with Gasteiger partial charge in [-0.05, 0) is 29.5 Å². The Morgan fingerprint density at radius 3 is 2.52 bits per heavy atom. The van der Waals surface area contributed by atoms with Gasteiger partial charge in [0.2, 0.25) is 5.91 Å². The molecule has 0 radical (unpaired) electrons. The van der Waals surface area contributed by atoms with Crippen molar-refractivity contribution in [3.63, 3.8) is 0 Å². The van der Waals surface area contributed by atoms with Crippen molar-refractivity contribution >= 4 is 17.7 Å². The summed E-state index contributed by atoms with van der Waals surface area (Å²) in [4.78, 5) is 15.0. The summed E-state index contributed by atoms with van der Waals surface area (Å²) in [6.07, 6.45) is -3.15. The SMILES string of the molecule is CC(=O)NCCc1nnc(Sc2ccc(C(F)(F)F)cn2)n1Cc1ccccc1. The number of nitrogens with zero attached hydrogens (tertiary/aromatic N) is 4. The highest BCUT2D eigenvalue weighted by molar-refractivity contribution is 7.99. The second-order valence-electron chi connectivity index (χ2n) is 6.19. The van der Waals surface area contributed by atoms with Crippen molar-refractivity contribution in [1.82, 2.24) is 25.1 Å². The highest BCUT2D eigenvalue weighted by Crippen LogP contribution is 2.31. The Balaban J connectivity index is 1.83. The second-order valence-corrected chi connectivity index (χ2v) is 7.18. The van der Waals surface area contributed by atoms with Crippen molar-refractivity contribution in [2.75, 3.05) is 6.54 Å². The molecule has 1 amide bonds. The highest BCUT2D eigenvalue weighted by Gasteiger charge is 2.30. The van der Waals surface area contributed by atoms with Crippen LogP contribution in [0.2, 0.25) is 0 Å². The number of carbonyl (C=O) groups excluding carboxylic acids is 1. The third kappa shape index (κ3) is 5.80. The van der Waals surface area contributed by atoms with Crippen molar-refractivity contribution in [3.05, 3.63) is 65.6 Å². The van der Waals surface area contributed by atoms with E-state index in [0.29, 0.717) is 35.5 Å². The number of benzene rings is 1. The fraction of sp³-hybridized carbons (Fsp3) is 0.263. The summed E-state index contributed by atoms with van der Waals surface area (Å²) < 4.78 is 40.1. The van der Waals surface area contributed by atoms with Crippen LogP contribution in [0.4, 0.5) is 13.2 Å². The smallest absolute Gasteiger partial charge is 0.356 e. The lowest BCUT2D eigenvalue weighted by atomic mass is 10.2. The normalized spacial score (nSPS) is 11.4. The van der Waals surface area contributed by atoms with Crippen molar-refractivity contribution in [2.45, 2.75) is 36.2 Å². The van der Waals surface area contributed by atoms with Gasteiger partial charge in [0.15, 0.2) is 5.16 Å². The molecule has 0 aliphatic heterocycles. The Bertz CT molecular complexity index is 958. The van der Waals surface area contributed by atoms with E-state index >= 15 is 0 Å². The van der Waals surface area contributed by atoms with E-state index in [1.165, 1.54) is 13.0 Å². The molecule has 0 fully saturated rings. The number of rotatable bonds is 7. The molecular weight excluding hydrogens is 403 g/mol. The first-order chi connectivity index (χ1) is 13.8. The Hall–Kier alpha value is -2.88. The molecule has 1 N–H and O–H groups in total. The molecule has 0 saturated carbocycles. The first-order valence-corrected chi connectivity index (χ1v) is 9.56. The third-order valence-corrected chi connectivity index (χ3v) is 4.89. The van der Waals surface area contributed by atoms with E-state index in [1.54, 1.807) is 0 Å². The summed E-state index contributed by atoms with van der Waals surface area (Å²) in [7, 11) is 0. The summed E-state index contributed by atoms with van der Waals surface area (Å²) in [5.74, 6) is 0.527. The number of halogens is 3. The van der Waals surface area contributed by atoms with E-state index in [1.807, 2.05) is 34.9 Å². The molecule has 0 atom stereocenters. The van der Waals surface area contributed by atoms with Crippen LogP contribution in [-0.4, -0.2) is 32.2 Å². The predicted molar refractivity (Wildman–Crippen MR) is 101 cm³/mol. The fourth-order valence-corrected chi connectivity index (χ4v) is 3.35. The molecule has 0 aliphatic carbocycles. The molecule has 6 nitrogen and oxygen atoms in total. The number of hydrogen-bond donors (Lipinski definition) is 1. The van der Waals surface area contributed by atoms with Crippen molar-refractivity contribution in [1.29, 1.82) is 0 Å². The number of amides is 1. The van der Waals surface area contributed by atoms with Crippen molar-refractivity contribution in [2.24, 2.45) is 0 Å². The Morgan fingerprint density at radius 2 is 1.90 bits per heavy atom. The lowest BCUT2D eigenvalue weighted by Gasteiger charge is -2.11. The topological polar surface area (TPSA) is 72.7 Å². The maximum Gasteiger partial charge on any atom is 0.417 e. The van der Waals surface area contributed by atoms with Crippen LogP contribution in [0.25, 0.3) is 0 Å². The molecule has 0 spiro atoms. The van der Waals surface area contributed by atoms with Gasteiger partial charge >= 0.3 is 6.18 Å². The summed E-state index contributed by atoms with van der Waals surface area (Å²) in [6.45, 7) is 2.34. The first-order valence-electron chi connectivity index (χ1n) is 8.74. The van der Waals surface area contributed by atoms with Crippen LogP contribution >= 0.6 is 11.8 Å². The lowest BCUT2D eigenvalue weighted by molar-refractivity contribution is -0.137. The quantitative estimate of drug-likeness (QED) is 0.632. The maximum absolute atomic E-state index is 12.7. The summed E-state index contributed by atoms with van der Waals surface area (Å²) in [5.41, 5.74) is 0.221. The zero-order chi connectivity index (χ0) is 20.9. The Labute approximate surface area is 169 Å². The van der Waals surface area contributed by atoms with E-state index in [2.05, 4.69) is 20.5 Å². The number of carbonyl (C=O) groups is 1. The molecule has 3 rings (SSSR count). The van der Waals surface area contributed by atoms with Gasteiger partial charge in [-0.1, -0.05) is 30.3 Å². The Kier molecular flexibility index (Phi) is 6.53. The summed E-state index contributed by atoms with van der Waals surface area (Å²) >= 11 is 1.14. The van der Waals surface area contributed by atoms with Crippen LogP contribution < -0.4 is 5.32 Å². The lowest BCUT2D eigenvalue weighted by Crippen LogP contribution is -2.23. The molecule has 2 heterocycles. The molecule has 0 bridgehead atoms. The van der Waals surface area contributed by atoms with E-state index in [4.69, 9.17) is 0 Å². The molecule has 0 unspecified atom stereocenters. The van der Waals surface area contributed by atoms with Crippen LogP contribution in [-0.2, 0) is 23.9 Å². The van der Waals surface area contributed by atoms with E-state index in [9.17, 15) is 18.0 Å². The molecule has 3 aromatic rings. The van der Waals surface area contributed by atoms with Gasteiger partial charge < -0.3 is 9.88 Å². The average Bonchev–Trinajstić information content (AvgIpc) is 3.03. The van der Waals surface area contributed by atoms with E-state index in [0.717, 1.165) is 29.6 Å². The molecule has 29 heavy (non-hydrogen) atoms. The zero-order valence-corrected chi connectivity index (χ0v) is 16.3. The molecular formula is C19H18F3N5OS. The van der Waals surface area contributed by atoms with Gasteiger partial charge in [0.1, 0.15) is 10.9 Å². The minimum atomic E-state index is -4.43. The Morgan fingerprint density at radius 1 is 1.14 bits per heavy atom. The van der Waals surface area contributed by atoms with Crippen LogP contribution in [0.5, 0.6) is 0 Å². The molecule has 2 aromatic heterocycles. The van der Waals surface area contributed by atoms with Crippen LogP contribution in [0.15, 0.2) is 58.8 Å². The van der Waals surface area contributed by atoms with Gasteiger partial charge in [0.25, 0.3) is 0 Å². The van der Waals surface area contributed by atoms with Gasteiger partial charge in [-0.25, -0.2) is 4.98 Å². The standard InChI is InChI=1S/C19H18F3N5OS/c1-13(28)23-10-9-16-25-26-18(27(16)12-14-5-3-2-4-6-14)29-17-8-7-15(11-24-17)19(20,21)22/h2-8,11H,9-10,12H2,1H3,(H,23,28). The number of nitrogens with one attached hydrogen (secondary N) is 1. The molecule has 1 aromatic carbocycles. The second kappa shape index (κ2) is 9.08. The average molecular weight is 421 g/mol. The minimum Gasteiger partial charge on any atom is -0.356 e. The molecule has 0 aliphatic rings. The number of pyridine rings is 1. The van der Waals surface area contributed by atoms with Gasteiger partial charge in [-0.15, -0.1) is 10.2 Å². The number of alkyl halides is 3. The minimum absolute atomic E-state index is 0.136. The molecule has 0 saturated heterocycles. The van der Waals surface area contributed by atoms with Gasteiger partial charge in [-0.3, -0.25) is 4.79 Å². The van der Waals surface area contributed by atoms with Gasteiger partial charge in [-0.2, -0.15) is 13.2 Å². The summed E-state index contributed by atoms with van der Waals surface area (Å²) in [6, 6.07) is 12.0. The van der Waals surface area contributed by atoms with E-state index < -0.39 is 11.7 Å². The number of aromatic nitrogens is 4. The van der Waals surface area contributed by atoms with Crippen molar-refractivity contribution in [3.8, 4) is 0 Å². The van der Waals surface area contributed by atoms with Crippen LogP contribution in [0, 0.1) is 0 Å². The van der Waals surface area contributed by atoms with E-state index in [-0.39, 0.29) is 5.91 Å². The summed E-state index contributed by atoms with van der Waals surface area (Å²) in [5, 5.41) is 12.0. The van der Waals surface area contributed by atoms with Crippen LogP contribution in [0.3, 0.4) is 0 Å². The fourth-order valence-electron chi connectivity index (χ4n) is 2.56. The first kappa shape index (κ1) is 20.8. The highest BCUT2D eigenvalue weighted by atomic mass is 32.2. The number of hydrogen-bond acceptors (Lipinski definition) is 5. The zero-order valence-electron chi connectivity index (χ0n) is 15.5. The third-order valence-electron chi connectivity index (χ3n) is 3.96. The maximum atomic E-state index is 12.7. The van der Waals surface area contributed by atoms with Gasteiger partial charge in [0, 0.05) is 26.1 Å². The monoisotopic (exact) mass is 421 g/mol.